The molecule has 0 saturated heterocycles. The highest BCUT2D eigenvalue weighted by atomic mass is 19.1. The van der Waals surface area contributed by atoms with E-state index < -0.39 is 0 Å². The van der Waals surface area contributed by atoms with Gasteiger partial charge in [-0.1, -0.05) is 24.3 Å². The molecule has 0 amide bonds. The Morgan fingerprint density at radius 1 is 1.00 bits per heavy atom. The summed E-state index contributed by atoms with van der Waals surface area (Å²) < 4.78 is 13.2. The second-order valence-electron chi connectivity index (χ2n) is 4.90. The molecule has 2 aromatic carbocycles. The van der Waals surface area contributed by atoms with Gasteiger partial charge in [0.1, 0.15) is 5.82 Å². The molecule has 102 valence electrons. The quantitative estimate of drug-likeness (QED) is 0.905. The molecule has 0 bridgehead atoms. The van der Waals surface area contributed by atoms with Crippen LogP contribution >= 0.6 is 0 Å². The number of halogens is 1. The minimum absolute atomic E-state index is 0.0337. The van der Waals surface area contributed by atoms with Crippen molar-refractivity contribution in [1.82, 2.24) is 5.32 Å². The van der Waals surface area contributed by atoms with E-state index in [1.54, 1.807) is 12.1 Å². The van der Waals surface area contributed by atoms with Crippen LogP contribution in [0.1, 0.15) is 42.6 Å². The van der Waals surface area contributed by atoms with Crippen LogP contribution in [0.3, 0.4) is 0 Å². The zero-order valence-electron chi connectivity index (χ0n) is 11.6. The number of rotatable bonds is 4. The minimum Gasteiger partial charge on any atom is -0.304 e. The van der Waals surface area contributed by atoms with Crippen LogP contribution in [0, 0.1) is 17.1 Å². The van der Waals surface area contributed by atoms with Gasteiger partial charge in [0.05, 0.1) is 11.6 Å². The van der Waals surface area contributed by atoms with E-state index in [0.717, 1.165) is 11.1 Å². The van der Waals surface area contributed by atoms with E-state index in [4.69, 9.17) is 5.26 Å². The largest absolute Gasteiger partial charge is 0.304 e. The molecule has 0 aliphatic carbocycles. The summed E-state index contributed by atoms with van der Waals surface area (Å²) in [4.78, 5) is 0. The molecule has 1 N–H and O–H groups in total. The van der Waals surface area contributed by atoms with E-state index in [1.807, 2.05) is 38.1 Å². The topological polar surface area (TPSA) is 35.8 Å². The summed E-state index contributed by atoms with van der Waals surface area (Å²) >= 11 is 0. The van der Waals surface area contributed by atoms with Crippen molar-refractivity contribution in [1.29, 1.82) is 5.26 Å². The van der Waals surface area contributed by atoms with Crippen LogP contribution in [0.25, 0.3) is 0 Å². The number of benzene rings is 2. The molecule has 2 unspecified atom stereocenters. The fourth-order valence-corrected chi connectivity index (χ4v) is 2.22. The maximum absolute atomic E-state index is 13.2. The van der Waals surface area contributed by atoms with Crippen molar-refractivity contribution in [2.24, 2.45) is 0 Å². The highest BCUT2D eigenvalue weighted by molar-refractivity contribution is 5.34. The van der Waals surface area contributed by atoms with E-state index >= 15 is 0 Å². The first kappa shape index (κ1) is 14.2. The summed E-state index contributed by atoms with van der Waals surface area (Å²) in [6.07, 6.45) is 0. The second-order valence-corrected chi connectivity index (χ2v) is 4.90. The maximum atomic E-state index is 13.2. The molecule has 0 aliphatic heterocycles. The molecule has 2 nitrogen and oxygen atoms in total. The molecule has 0 radical (unpaired) electrons. The Labute approximate surface area is 118 Å². The van der Waals surface area contributed by atoms with Crippen molar-refractivity contribution in [3.63, 3.8) is 0 Å². The standard InChI is InChI=1S/C17H17FN2/c1-12(15-6-3-5-14(9-15)11-19)20-13(2)16-7-4-8-17(18)10-16/h3-10,12-13,20H,1-2H3. The van der Waals surface area contributed by atoms with Gasteiger partial charge in [-0.2, -0.15) is 5.26 Å². The van der Waals surface area contributed by atoms with Gasteiger partial charge >= 0.3 is 0 Å². The summed E-state index contributed by atoms with van der Waals surface area (Å²) in [6, 6.07) is 16.4. The first-order chi connectivity index (χ1) is 9.60. The lowest BCUT2D eigenvalue weighted by Gasteiger charge is -2.21. The number of nitriles is 1. The summed E-state index contributed by atoms with van der Waals surface area (Å²) in [5.41, 5.74) is 2.61. The van der Waals surface area contributed by atoms with E-state index in [0.29, 0.717) is 5.56 Å². The van der Waals surface area contributed by atoms with Gasteiger partial charge in [0, 0.05) is 12.1 Å². The van der Waals surface area contributed by atoms with Crippen LogP contribution in [-0.2, 0) is 0 Å². The van der Waals surface area contributed by atoms with E-state index in [-0.39, 0.29) is 17.9 Å². The van der Waals surface area contributed by atoms with Crippen LogP contribution < -0.4 is 5.32 Å². The maximum Gasteiger partial charge on any atom is 0.123 e. The number of nitrogens with one attached hydrogen (secondary N) is 1. The monoisotopic (exact) mass is 268 g/mol. The fraction of sp³-hybridized carbons (Fsp3) is 0.235. The number of hydrogen-bond donors (Lipinski definition) is 1. The molecular formula is C17H17FN2. The molecule has 0 spiro atoms. The van der Waals surface area contributed by atoms with Crippen molar-refractivity contribution in [2.75, 3.05) is 0 Å². The lowest BCUT2D eigenvalue weighted by Crippen LogP contribution is -2.22. The molecule has 0 fully saturated rings. The average molecular weight is 268 g/mol. The predicted molar refractivity (Wildman–Crippen MR) is 77.5 cm³/mol. The van der Waals surface area contributed by atoms with Gasteiger partial charge in [-0.05, 0) is 49.2 Å². The van der Waals surface area contributed by atoms with Gasteiger partial charge in [0.25, 0.3) is 0 Å². The highest BCUT2D eigenvalue weighted by Gasteiger charge is 2.12. The third-order valence-corrected chi connectivity index (χ3v) is 3.36. The van der Waals surface area contributed by atoms with Gasteiger partial charge in [-0.3, -0.25) is 0 Å². The molecule has 0 heterocycles. The van der Waals surface area contributed by atoms with E-state index in [9.17, 15) is 4.39 Å². The molecule has 0 aromatic heterocycles. The summed E-state index contributed by atoms with van der Waals surface area (Å²) in [7, 11) is 0. The van der Waals surface area contributed by atoms with Crippen molar-refractivity contribution in [2.45, 2.75) is 25.9 Å². The summed E-state index contributed by atoms with van der Waals surface area (Å²) in [5, 5.41) is 12.3. The predicted octanol–water partition coefficient (Wildman–Crippen LogP) is 4.11. The lowest BCUT2D eigenvalue weighted by molar-refractivity contribution is 0.492. The Morgan fingerprint density at radius 2 is 1.60 bits per heavy atom. The Morgan fingerprint density at radius 3 is 2.20 bits per heavy atom. The van der Waals surface area contributed by atoms with Gasteiger partial charge in [-0.25, -0.2) is 4.39 Å². The van der Waals surface area contributed by atoms with Gasteiger partial charge in [0.15, 0.2) is 0 Å². The van der Waals surface area contributed by atoms with Gasteiger partial charge < -0.3 is 5.32 Å². The van der Waals surface area contributed by atoms with Crippen LogP contribution in [0.2, 0.25) is 0 Å². The second kappa shape index (κ2) is 6.31. The van der Waals surface area contributed by atoms with Gasteiger partial charge in [-0.15, -0.1) is 0 Å². The van der Waals surface area contributed by atoms with E-state index in [1.165, 1.54) is 12.1 Å². The third kappa shape index (κ3) is 3.43. The number of hydrogen-bond acceptors (Lipinski definition) is 2. The van der Waals surface area contributed by atoms with Crippen molar-refractivity contribution < 1.29 is 4.39 Å². The molecule has 2 rings (SSSR count). The molecule has 2 atom stereocenters. The van der Waals surface area contributed by atoms with Crippen LogP contribution in [0.5, 0.6) is 0 Å². The lowest BCUT2D eigenvalue weighted by atomic mass is 10.0. The molecule has 2 aromatic rings. The van der Waals surface area contributed by atoms with Gasteiger partial charge in [0.2, 0.25) is 0 Å². The third-order valence-electron chi connectivity index (χ3n) is 3.36. The van der Waals surface area contributed by atoms with Crippen LogP contribution in [0.15, 0.2) is 48.5 Å². The smallest absolute Gasteiger partial charge is 0.123 e. The Hall–Kier alpha value is -2.18. The average Bonchev–Trinajstić information content (AvgIpc) is 2.47. The van der Waals surface area contributed by atoms with Crippen LogP contribution in [0.4, 0.5) is 4.39 Å². The van der Waals surface area contributed by atoms with E-state index in [2.05, 4.69) is 11.4 Å². The number of nitrogens with zero attached hydrogens (tertiary/aromatic N) is 1. The molecule has 3 heteroatoms. The zero-order chi connectivity index (χ0) is 14.5. The molecular weight excluding hydrogens is 251 g/mol. The Kier molecular flexibility index (Phi) is 4.49. The first-order valence-electron chi connectivity index (χ1n) is 6.61. The summed E-state index contributed by atoms with van der Waals surface area (Å²) in [6.45, 7) is 4.03. The fourth-order valence-electron chi connectivity index (χ4n) is 2.22. The van der Waals surface area contributed by atoms with Crippen molar-refractivity contribution in [3.8, 4) is 6.07 Å². The van der Waals surface area contributed by atoms with Crippen molar-refractivity contribution in [3.05, 3.63) is 71.0 Å². The highest BCUT2D eigenvalue weighted by Crippen LogP contribution is 2.20. The Bertz CT molecular complexity index is 631. The zero-order valence-corrected chi connectivity index (χ0v) is 11.6. The first-order valence-corrected chi connectivity index (χ1v) is 6.61. The molecule has 20 heavy (non-hydrogen) atoms. The molecule has 0 saturated carbocycles. The van der Waals surface area contributed by atoms with Crippen LogP contribution in [-0.4, -0.2) is 0 Å². The SMILES string of the molecule is CC(NC(C)c1cccc(C#N)c1)c1cccc(F)c1. The molecule has 0 aliphatic rings. The summed E-state index contributed by atoms with van der Waals surface area (Å²) in [5.74, 6) is -0.227. The minimum atomic E-state index is -0.227. The normalized spacial score (nSPS) is 13.5. The van der Waals surface area contributed by atoms with Crippen molar-refractivity contribution >= 4 is 0 Å². The Balaban J connectivity index is 2.11.